The molecule has 1 aliphatic rings. The molecule has 1 amide bonds. The van der Waals surface area contributed by atoms with Crippen LogP contribution in [-0.2, 0) is 24.2 Å². The highest BCUT2D eigenvalue weighted by molar-refractivity contribution is 5.77. The Labute approximate surface area is 175 Å². The first-order chi connectivity index (χ1) is 14.6. The first kappa shape index (κ1) is 20.0. The highest BCUT2D eigenvalue weighted by atomic mass is 16.3. The highest BCUT2D eigenvalue weighted by Gasteiger charge is 2.24. The summed E-state index contributed by atoms with van der Waals surface area (Å²) in [5.41, 5.74) is 3.91. The number of aromatic nitrogens is 2. The van der Waals surface area contributed by atoms with Crippen molar-refractivity contribution >= 4 is 5.91 Å². The summed E-state index contributed by atoms with van der Waals surface area (Å²) in [5, 5.41) is 12.4. The van der Waals surface area contributed by atoms with Crippen LogP contribution in [0.25, 0.3) is 11.4 Å². The molecule has 6 heteroatoms. The quantitative estimate of drug-likeness (QED) is 0.663. The summed E-state index contributed by atoms with van der Waals surface area (Å²) in [5.74, 6) is 0.235. The maximum Gasteiger partial charge on any atom is 0.257 e. The number of amides is 1. The van der Waals surface area contributed by atoms with Gasteiger partial charge < -0.3 is 10.4 Å². The fourth-order valence-corrected chi connectivity index (χ4v) is 4.15. The molecule has 1 heterocycles. The number of nitrogens with one attached hydrogen (secondary N) is 1. The van der Waals surface area contributed by atoms with Gasteiger partial charge >= 0.3 is 0 Å². The first-order valence-electron chi connectivity index (χ1n) is 10.2. The van der Waals surface area contributed by atoms with Gasteiger partial charge in [-0.15, -0.1) is 0 Å². The number of aliphatic hydroxyl groups is 1. The lowest BCUT2D eigenvalue weighted by Gasteiger charge is -2.18. The molecule has 1 aliphatic carbocycles. The van der Waals surface area contributed by atoms with Crippen LogP contribution in [0.4, 0.5) is 0 Å². The molecule has 0 radical (unpaired) electrons. The third-order valence-electron chi connectivity index (χ3n) is 5.63. The number of hydrogen-bond donors (Lipinski definition) is 2. The van der Waals surface area contributed by atoms with Crippen LogP contribution >= 0.6 is 0 Å². The zero-order valence-corrected chi connectivity index (χ0v) is 17.0. The topological polar surface area (TPSA) is 84.2 Å². The van der Waals surface area contributed by atoms with Gasteiger partial charge in [-0.1, -0.05) is 54.6 Å². The summed E-state index contributed by atoms with van der Waals surface area (Å²) in [4.78, 5) is 30.7. The van der Waals surface area contributed by atoms with Gasteiger partial charge in [0.25, 0.3) is 5.56 Å². The van der Waals surface area contributed by atoms with Gasteiger partial charge in [-0.3, -0.25) is 14.2 Å². The first-order valence-corrected chi connectivity index (χ1v) is 10.2. The van der Waals surface area contributed by atoms with Crippen LogP contribution < -0.4 is 10.9 Å². The third kappa shape index (κ3) is 3.91. The van der Waals surface area contributed by atoms with Gasteiger partial charge in [0.1, 0.15) is 12.4 Å². The SMILES string of the molecule is Cc1nc(-c2ccccc2)n(CC(=O)N[C@H]2CCc3ccccc32)c(=O)c1CCO. The number of aliphatic hydroxyl groups excluding tert-OH is 1. The van der Waals surface area contributed by atoms with Crippen molar-refractivity contribution in [3.05, 3.63) is 87.3 Å². The maximum atomic E-state index is 13.2. The fraction of sp³-hybridized carbons (Fsp3) is 0.292. The monoisotopic (exact) mass is 403 g/mol. The zero-order valence-electron chi connectivity index (χ0n) is 17.0. The summed E-state index contributed by atoms with van der Waals surface area (Å²) in [7, 11) is 0. The van der Waals surface area contributed by atoms with E-state index in [0.717, 1.165) is 24.0 Å². The largest absolute Gasteiger partial charge is 0.396 e. The average molecular weight is 403 g/mol. The van der Waals surface area contributed by atoms with E-state index in [4.69, 9.17) is 0 Å². The van der Waals surface area contributed by atoms with Crippen LogP contribution in [0.2, 0.25) is 0 Å². The van der Waals surface area contributed by atoms with Gasteiger partial charge in [-0.2, -0.15) is 0 Å². The Morgan fingerprint density at radius 1 is 1.17 bits per heavy atom. The van der Waals surface area contributed by atoms with E-state index < -0.39 is 0 Å². The van der Waals surface area contributed by atoms with Crippen molar-refractivity contribution in [2.24, 2.45) is 0 Å². The predicted molar refractivity (Wildman–Crippen MR) is 115 cm³/mol. The molecule has 2 N–H and O–H groups in total. The van der Waals surface area contributed by atoms with Crippen molar-refractivity contribution in [1.82, 2.24) is 14.9 Å². The van der Waals surface area contributed by atoms with E-state index in [9.17, 15) is 14.7 Å². The smallest absolute Gasteiger partial charge is 0.257 e. The Bertz CT molecular complexity index is 1120. The number of rotatable bonds is 6. The molecule has 0 fully saturated rings. The van der Waals surface area contributed by atoms with E-state index >= 15 is 0 Å². The Morgan fingerprint density at radius 2 is 1.90 bits per heavy atom. The summed E-state index contributed by atoms with van der Waals surface area (Å²) in [6, 6.07) is 17.5. The van der Waals surface area contributed by atoms with Crippen LogP contribution in [0.3, 0.4) is 0 Å². The third-order valence-corrected chi connectivity index (χ3v) is 5.63. The molecular formula is C24H25N3O3. The van der Waals surface area contributed by atoms with Crippen LogP contribution in [0.5, 0.6) is 0 Å². The Hall–Kier alpha value is -3.25. The summed E-state index contributed by atoms with van der Waals surface area (Å²) >= 11 is 0. The van der Waals surface area contributed by atoms with Crippen molar-refractivity contribution in [1.29, 1.82) is 0 Å². The number of fused-ring (bicyclic) bond motifs is 1. The number of carbonyl (C=O) groups excluding carboxylic acids is 1. The van der Waals surface area contributed by atoms with Gasteiger partial charge in [0, 0.05) is 29.8 Å². The van der Waals surface area contributed by atoms with E-state index in [1.54, 1.807) is 6.92 Å². The van der Waals surface area contributed by atoms with E-state index in [-0.39, 0.29) is 37.1 Å². The molecule has 0 saturated heterocycles. The van der Waals surface area contributed by atoms with E-state index in [1.165, 1.54) is 10.1 Å². The molecule has 0 unspecified atom stereocenters. The molecule has 1 atom stereocenters. The lowest BCUT2D eigenvalue weighted by molar-refractivity contribution is -0.122. The summed E-state index contributed by atoms with van der Waals surface area (Å²) in [6.07, 6.45) is 2.00. The minimum absolute atomic E-state index is 0.0418. The number of carbonyl (C=O) groups is 1. The highest BCUT2D eigenvalue weighted by Crippen LogP contribution is 2.30. The predicted octanol–water partition coefficient (Wildman–Crippen LogP) is 2.56. The van der Waals surface area contributed by atoms with Crippen molar-refractivity contribution < 1.29 is 9.90 Å². The standard InChI is InChI=1S/C24H25N3O3/c1-16-19(13-14-28)24(30)27(23(25-16)18-8-3-2-4-9-18)15-22(29)26-21-12-11-17-7-5-6-10-20(17)21/h2-10,21,28H,11-15H2,1H3,(H,26,29)/t21-/m0/s1. The Morgan fingerprint density at radius 3 is 2.67 bits per heavy atom. The van der Waals surface area contributed by atoms with Crippen LogP contribution in [0, 0.1) is 6.92 Å². The van der Waals surface area contributed by atoms with Crippen LogP contribution in [-0.4, -0.2) is 27.2 Å². The molecule has 4 rings (SSSR count). The van der Waals surface area contributed by atoms with E-state index in [1.807, 2.05) is 48.5 Å². The number of hydrogen-bond acceptors (Lipinski definition) is 4. The fourth-order valence-electron chi connectivity index (χ4n) is 4.15. The van der Waals surface area contributed by atoms with Gasteiger partial charge in [0.2, 0.25) is 5.91 Å². The Kier molecular flexibility index (Phi) is 5.77. The van der Waals surface area contributed by atoms with E-state index in [0.29, 0.717) is 17.1 Å². The van der Waals surface area contributed by atoms with Crippen molar-refractivity contribution in [3.63, 3.8) is 0 Å². The molecule has 0 saturated carbocycles. The lowest BCUT2D eigenvalue weighted by atomic mass is 10.1. The molecule has 6 nitrogen and oxygen atoms in total. The minimum atomic E-state index is -0.280. The molecule has 3 aromatic rings. The molecule has 2 aromatic carbocycles. The van der Waals surface area contributed by atoms with E-state index in [2.05, 4.69) is 16.4 Å². The van der Waals surface area contributed by atoms with Gasteiger partial charge in [0.05, 0.1) is 6.04 Å². The minimum Gasteiger partial charge on any atom is -0.396 e. The number of nitrogens with zero attached hydrogens (tertiary/aromatic N) is 2. The second kappa shape index (κ2) is 8.63. The maximum absolute atomic E-state index is 13.2. The molecule has 30 heavy (non-hydrogen) atoms. The molecule has 154 valence electrons. The second-order valence-corrected chi connectivity index (χ2v) is 7.59. The van der Waals surface area contributed by atoms with Gasteiger partial charge in [-0.05, 0) is 30.9 Å². The molecule has 0 spiro atoms. The second-order valence-electron chi connectivity index (χ2n) is 7.59. The molecule has 0 bridgehead atoms. The van der Waals surface area contributed by atoms with Crippen molar-refractivity contribution in [2.75, 3.05) is 6.61 Å². The van der Waals surface area contributed by atoms with Gasteiger partial charge in [-0.25, -0.2) is 4.98 Å². The van der Waals surface area contributed by atoms with Crippen LogP contribution in [0.15, 0.2) is 59.4 Å². The Balaban J connectivity index is 1.66. The van der Waals surface area contributed by atoms with Gasteiger partial charge in [0.15, 0.2) is 0 Å². The average Bonchev–Trinajstić information content (AvgIpc) is 3.16. The summed E-state index contributed by atoms with van der Waals surface area (Å²) < 4.78 is 1.42. The molecular weight excluding hydrogens is 378 g/mol. The number of benzene rings is 2. The normalized spacial score (nSPS) is 15.1. The summed E-state index contributed by atoms with van der Waals surface area (Å²) in [6.45, 7) is 1.50. The molecule has 0 aliphatic heterocycles. The van der Waals surface area contributed by atoms with Crippen LogP contribution in [0.1, 0.15) is 34.8 Å². The van der Waals surface area contributed by atoms with Crippen molar-refractivity contribution in [3.8, 4) is 11.4 Å². The molecule has 1 aromatic heterocycles. The zero-order chi connectivity index (χ0) is 21.1. The van der Waals surface area contributed by atoms with Crippen molar-refractivity contribution in [2.45, 2.75) is 38.8 Å². The number of aryl methyl sites for hydroxylation is 2. The lowest BCUT2D eigenvalue weighted by Crippen LogP contribution is -2.36.